The number of benzene rings is 2. The molecule has 0 aliphatic rings. The van der Waals surface area contributed by atoms with E-state index in [0.29, 0.717) is 17.0 Å². The lowest BCUT2D eigenvalue weighted by Crippen LogP contribution is -2.80. The molecule has 0 saturated heterocycles. The summed E-state index contributed by atoms with van der Waals surface area (Å²) in [6.45, 7) is 3.70. The summed E-state index contributed by atoms with van der Waals surface area (Å²) in [7, 11) is -2.22. The van der Waals surface area contributed by atoms with Crippen LogP contribution in [-0.4, -0.2) is 31.5 Å². The van der Waals surface area contributed by atoms with Gasteiger partial charge in [-0.1, -0.05) is 17.7 Å². The predicted molar refractivity (Wildman–Crippen MR) is 103 cm³/mol. The van der Waals surface area contributed by atoms with E-state index in [1.807, 2.05) is 19.9 Å². The fraction of sp³-hybridized carbons (Fsp3) is 0.167. The van der Waals surface area contributed by atoms with Gasteiger partial charge >= 0.3 is 16.0 Å². The maximum atomic E-state index is 12.4. The van der Waals surface area contributed by atoms with Crippen molar-refractivity contribution in [3.63, 3.8) is 0 Å². The molecule has 140 valence electrons. The number of nitrogens with two attached hydrogens (primary N) is 1. The van der Waals surface area contributed by atoms with Gasteiger partial charge in [-0.2, -0.15) is 17.8 Å². The van der Waals surface area contributed by atoms with Crippen molar-refractivity contribution in [3.05, 3.63) is 53.7 Å². The molecule has 1 heterocycles. The zero-order valence-electron chi connectivity index (χ0n) is 15.1. The number of methoxy groups -OCH3 is 1. The minimum absolute atomic E-state index is 0.112. The molecule has 27 heavy (non-hydrogen) atoms. The maximum Gasteiger partial charge on any atom is 0.363 e. The Balaban J connectivity index is 1.89. The Hall–Kier alpha value is -3.20. The number of ether oxygens (including phenoxy) is 1. The van der Waals surface area contributed by atoms with Gasteiger partial charge in [-0.3, -0.25) is 5.73 Å². The highest BCUT2D eigenvalue weighted by Crippen LogP contribution is 2.22. The summed E-state index contributed by atoms with van der Waals surface area (Å²) < 4.78 is 32.3. The number of hydrogen-bond acceptors (Lipinski definition) is 5. The number of guanidine groups is 1. The predicted octanol–water partition coefficient (Wildman–Crippen LogP) is 0.451. The Morgan fingerprint density at radius 2 is 1.81 bits per heavy atom. The van der Waals surface area contributed by atoms with Gasteiger partial charge < -0.3 is 4.74 Å². The molecule has 0 atom stereocenters. The van der Waals surface area contributed by atoms with Crippen molar-refractivity contribution in [3.8, 4) is 5.75 Å². The van der Waals surface area contributed by atoms with Gasteiger partial charge in [0, 0.05) is 5.39 Å². The number of anilines is 1. The number of hydrogen-bond donors (Lipinski definition) is 3. The van der Waals surface area contributed by atoms with Gasteiger partial charge in [-0.15, -0.1) is 0 Å². The molecule has 8 nitrogen and oxygen atoms in total. The Morgan fingerprint density at radius 1 is 1.11 bits per heavy atom. The van der Waals surface area contributed by atoms with E-state index in [2.05, 4.69) is 19.7 Å². The summed E-state index contributed by atoms with van der Waals surface area (Å²) in [6, 6.07) is 11.8. The third-order valence-electron chi connectivity index (χ3n) is 3.92. The minimum Gasteiger partial charge on any atom is -0.497 e. The van der Waals surface area contributed by atoms with Crippen LogP contribution in [0.1, 0.15) is 11.3 Å². The lowest BCUT2D eigenvalue weighted by atomic mass is 10.2. The quantitative estimate of drug-likeness (QED) is 0.440. The first-order valence-electron chi connectivity index (χ1n) is 8.10. The molecule has 0 aliphatic carbocycles. The third-order valence-corrected chi connectivity index (χ3v) is 5.30. The van der Waals surface area contributed by atoms with Crippen LogP contribution in [0.25, 0.3) is 10.9 Å². The fourth-order valence-electron chi connectivity index (χ4n) is 2.51. The number of sulfonamides is 1. The topological polar surface area (TPSA) is 121 Å². The fourth-order valence-corrected chi connectivity index (χ4v) is 3.46. The molecule has 0 saturated carbocycles. The van der Waals surface area contributed by atoms with E-state index in [1.54, 1.807) is 31.4 Å². The Labute approximate surface area is 157 Å². The molecule has 0 aliphatic heterocycles. The van der Waals surface area contributed by atoms with E-state index in [1.165, 1.54) is 12.1 Å². The number of aromatic nitrogens is 2. The first-order valence-corrected chi connectivity index (χ1v) is 9.58. The number of nitrogens with zero attached hydrogens (tertiary/aromatic N) is 2. The summed E-state index contributed by atoms with van der Waals surface area (Å²) in [5.74, 6) is 0.698. The molecule has 2 aromatic carbocycles. The average Bonchev–Trinajstić information content (AvgIpc) is 2.61. The van der Waals surface area contributed by atoms with E-state index in [4.69, 9.17) is 10.5 Å². The SMILES string of the molecule is COc1ccc2nc(NC(N)=[NH+]S(=O)(=O)c3ccc(C)cc3)nc(C)c2c1. The van der Waals surface area contributed by atoms with E-state index >= 15 is 0 Å². The second-order valence-corrected chi connectivity index (χ2v) is 7.66. The smallest absolute Gasteiger partial charge is 0.363 e. The van der Waals surface area contributed by atoms with Gasteiger partial charge in [0.2, 0.25) is 0 Å². The minimum atomic E-state index is -3.80. The van der Waals surface area contributed by atoms with Crippen LogP contribution in [0, 0.1) is 13.8 Å². The molecule has 0 bridgehead atoms. The standard InChI is InChI=1S/C18H19N5O3S/c1-11-4-7-14(8-5-11)27(24,25)23-17(19)22-18-20-12(2)15-10-13(26-3)6-9-16(15)21-18/h4-10H,1-3H3,(H3,19,20,21,22,23)/p+1. The monoisotopic (exact) mass is 386 g/mol. The molecule has 0 unspecified atom stereocenters. The zero-order valence-corrected chi connectivity index (χ0v) is 16.0. The highest BCUT2D eigenvalue weighted by atomic mass is 32.2. The summed E-state index contributed by atoms with van der Waals surface area (Å²) in [4.78, 5) is 8.78. The lowest BCUT2D eigenvalue weighted by Gasteiger charge is -2.06. The normalized spacial score (nSPS) is 12.2. The highest BCUT2D eigenvalue weighted by Gasteiger charge is 2.17. The maximum absolute atomic E-state index is 12.4. The number of aryl methyl sites for hydroxylation is 2. The van der Waals surface area contributed by atoms with Crippen molar-refractivity contribution in [2.75, 3.05) is 12.4 Å². The van der Waals surface area contributed by atoms with Crippen LogP contribution < -0.4 is 20.2 Å². The van der Waals surface area contributed by atoms with Crippen molar-refractivity contribution >= 4 is 32.8 Å². The van der Waals surface area contributed by atoms with Crippen LogP contribution in [0.15, 0.2) is 47.4 Å². The van der Waals surface area contributed by atoms with Crippen molar-refractivity contribution in [1.29, 1.82) is 0 Å². The van der Waals surface area contributed by atoms with E-state index in [9.17, 15) is 8.42 Å². The van der Waals surface area contributed by atoms with Gasteiger partial charge in [0.15, 0.2) is 0 Å². The van der Waals surface area contributed by atoms with E-state index in [-0.39, 0.29) is 16.8 Å². The molecule has 0 fully saturated rings. The van der Waals surface area contributed by atoms with Crippen LogP contribution in [0.4, 0.5) is 5.95 Å². The second kappa shape index (κ2) is 7.20. The molecule has 1 aromatic heterocycles. The molecular formula is C18H20N5O3S+. The van der Waals surface area contributed by atoms with Gasteiger partial charge in [0.05, 0.1) is 18.3 Å². The molecule has 9 heteroatoms. The van der Waals surface area contributed by atoms with Crippen molar-refractivity contribution in [2.24, 2.45) is 5.73 Å². The molecule has 0 amide bonds. The van der Waals surface area contributed by atoms with Gasteiger partial charge in [-0.05, 0) is 44.2 Å². The Bertz CT molecular complexity index is 1130. The van der Waals surface area contributed by atoms with Crippen LogP contribution in [0.3, 0.4) is 0 Å². The third kappa shape index (κ3) is 4.14. The first-order chi connectivity index (χ1) is 12.8. The first kappa shape index (κ1) is 18.6. The van der Waals surface area contributed by atoms with Gasteiger partial charge in [-0.25, -0.2) is 10.3 Å². The molecule has 0 radical (unpaired) electrons. The van der Waals surface area contributed by atoms with Crippen molar-refractivity contribution in [2.45, 2.75) is 18.7 Å². The van der Waals surface area contributed by atoms with Crippen LogP contribution >= 0.6 is 0 Å². The van der Waals surface area contributed by atoms with Crippen molar-refractivity contribution in [1.82, 2.24) is 9.97 Å². The second-order valence-electron chi connectivity index (χ2n) is 5.97. The number of fused-ring (bicyclic) bond motifs is 1. The Morgan fingerprint density at radius 3 is 2.48 bits per heavy atom. The van der Waals surface area contributed by atoms with Crippen LogP contribution in [0.5, 0.6) is 5.75 Å². The summed E-state index contributed by atoms with van der Waals surface area (Å²) in [6.07, 6.45) is 0. The van der Waals surface area contributed by atoms with Crippen molar-refractivity contribution < 1.29 is 17.6 Å². The highest BCUT2D eigenvalue weighted by molar-refractivity contribution is 7.84. The van der Waals surface area contributed by atoms with Crippen LogP contribution in [-0.2, 0) is 10.0 Å². The summed E-state index contributed by atoms with van der Waals surface area (Å²) >= 11 is 0. The molecule has 4 N–H and O–H groups in total. The van der Waals surface area contributed by atoms with Gasteiger partial charge in [0.25, 0.3) is 5.95 Å². The summed E-state index contributed by atoms with van der Waals surface area (Å²) in [5.41, 5.74) is 8.16. The molecule has 3 rings (SSSR count). The van der Waals surface area contributed by atoms with E-state index in [0.717, 1.165) is 10.9 Å². The lowest BCUT2D eigenvalue weighted by molar-refractivity contribution is -0.268. The average molecular weight is 386 g/mol. The zero-order chi connectivity index (χ0) is 19.6. The number of rotatable bonds is 4. The van der Waals surface area contributed by atoms with Gasteiger partial charge in [0.1, 0.15) is 10.6 Å². The number of nitrogens with one attached hydrogen (secondary N) is 2. The molecule has 3 aromatic rings. The largest absolute Gasteiger partial charge is 0.497 e. The Kier molecular flexibility index (Phi) is 4.95. The molecule has 0 spiro atoms. The molecular weight excluding hydrogens is 366 g/mol. The van der Waals surface area contributed by atoms with Crippen LogP contribution in [0.2, 0.25) is 0 Å². The van der Waals surface area contributed by atoms with E-state index < -0.39 is 10.0 Å². The summed E-state index contributed by atoms with van der Waals surface area (Å²) in [5, 5.41) is 3.52.